The van der Waals surface area contributed by atoms with Crippen LogP contribution >= 0.6 is 0 Å². The van der Waals surface area contributed by atoms with Crippen LogP contribution in [0.25, 0.3) is 0 Å². The van der Waals surface area contributed by atoms with Crippen LogP contribution in [-0.4, -0.2) is 18.2 Å². The van der Waals surface area contributed by atoms with Crippen molar-refractivity contribution in [1.29, 1.82) is 0 Å². The van der Waals surface area contributed by atoms with E-state index in [9.17, 15) is 9.90 Å². The summed E-state index contributed by atoms with van der Waals surface area (Å²) in [5.41, 5.74) is 0. The van der Waals surface area contributed by atoms with Gasteiger partial charge in [0.05, 0.1) is 12.2 Å². The molecule has 1 fully saturated rings. The normalized spacial score (nSPS) is 20.9. The molecular weight excluding hydrogens is 288 g/mol. The number of rotatable bonds is 14. The van der Waals surface area contributed by atoms with Crippen LogP contribution in [0.1, 0.15) is 71.1 Å². The first-order valence-electron chi connectivity index (χ1n) is 9.04. The number of allylic oxidation sites excluding steroid dienone is 4. The third kappa shape index (κ3) is 11.8. The highest BCUT2D eigenvalue weighted by atomic mass is 16.6. The summed E-state index contributed by atoms with van der Waals surface area (Å²) >= 11 is 0. The van der Waals surface area contributed by atoms with Crippen molar-refractivity contribution in [1.82, 2.24) is 0 Å². The van der Waals surface area contributed by atoms with E-state index in [0.717, 1.165) is 25.7 Å². The lowest BCUT2D eigenvalue weighted by Gasteiger charge is -1.97. The molecule has 2 atom stereocenters. The second kappa shape index (κ2) is 13.1. The van der Waals surface area contributed by atoms with Crippen LogP contribution in [0.15, 0.2) is 36.5 Å². The van der Waals surface area contributed by atoms with Crippen LogP contribution in [0.5, 0.6) is 0 Å². The molecule has 1 saturated heterocycles. The Morgan fingerprint density at radius 2 is 1.52 bits per heavy atom. The fourth-order valence-electron chi connectivity index (χ4n) is 2.44. The lowest BCUT2D eigenvalue weighted by atomic mass is 10.1. The predicted molar refractivity (Wildman–Crippen MR) is 92.9 cm³/mol. The molecule has 0 amide bonds. The molecule has 3 nitrogen and oxygen atoms in total. The minimum Gasteiger partial charge on any atom is -0.550 e. The summed E-state index contributed by atoms with van der Waals surface area (Å²) in [6, 6.07) is 0. The number of carboxylic acid groups (broad SMARTS) is 1. The van der Waals surface area contributed by atoms with Gasteiger partial charge >= 0.3 is 0 Å². The van der Waals surface area contributed by atoms with Crippen molar-refractivity contribution in [3.8, 4) is 0 Å². The van der Waals surface area contributed by atoms with E-state index in [4.69, 9.17) is 4.74 Å². The molecular formula is C20H31O3-. The molecule has 23 heavy (non-hydrogen) atoms. The molecule has 0 aromatic rings. The van der Waals surface area contributed by atoms with Crippen molar-refractivity contribution in [2.24, 2.45) is 0 Å². The molecule has 3 heteroatoms. The zero-order valence-electron chi connectivity index (χ0n) is 14.4. The number of ether oxygens (including phenoxy) is 1. The van der Waals surface area contributed by atoms with E-state index in [1.807, 2.05) is 6.08 Å². The molecule has 0 bridgehead atoms. The highest BCUT2D eigenvalue weighted by Crippen LogP contribution is 2.29. The predicted octanol–water partition coefficient (Wildman–Crippen LogP) is 4.09. The van der Waals surface area contributed by atoms with Gasteiger partial charge in [-0.2, -0.15) is 0 Å². The van der Waals surface area contributed by atoms with Crippen LogP contribution in [0.4, 0.5) is 0 Å². The van der Waals surface area contributed by atoms with Crippen molar-refractivity contribution in [2.75, 3.05) is 0 Å². The number of hydrogen-bond acceptors (Lipinski definition) is 3. The Balaban J connectivity index is 1.92. The second-order valence-corrected chi connectivity index (χ2v) is 6.09. The second-order valence-electron chi connectivity index (χ2n) is 6.09. The molecule has 0 aromatic heterocycles. The maximum atomic E-state index is 10.2. The highest BCUT2D eigenvalue weighted by Gasteiger charge is 2.35. The molecule has 0 spiro atoms. The van der Waals surface area contributed by atoms with Gasteiger partial charge in [0, 0.05) is 5.97 Å². The third-order valence-electron chi connectivity index (χ3n) is 3.92. The number of unbranched alkanes of at least 4 members (excludes halogenated alkanes) is 4. The Morgan fingerprint density at radius 3 is 2.22 bits per heavy atom. The van der Waals surface area contributed by atoms with Crippen LogP contribution in [0.2, 0.25) is 0 Å². The summed E-state index contributed by atoms with van der Waals surface area (Å²) in [6.45, 7) is 2.23. The zero-order chi connectivity index (χ0) is 16.8. The summed E-state index contributed by atoms with van der Waals surface area (Å²) in [6.07, 6.45) is 23.5. The first-order valence-corrected chi connectivity index (χ1v) is 9.04. The Hall–Kier alpha value is -1.35. The van der Waals surface area contributed by atoms with Gasteiger partial charge in [-0.25, -0.2) is 0 Å². The maximum Gasteiger partial charge on any atom is 0.0879 e. The summed E-state index contributed by atoms with van der Waals surface area (Å²) in [7, 11) is 0. The molecule has 130 valence electrons. The van der Waals surface area contributed by atoms with Gasteiger partial charge in [-0.15, -0.1) is 0 Å². The first-order chi connectivity index (χ1) is 11.2. The smallest absolute Gasteiger partial charge is 0.0879 e. The summed E-state index contributed by atoms with van der Waals surface area (Å²) in [5.74, 6) is -0.965. The Bertz CT molecular complexity index is 396. The molecule has 1 aliphatic rings. The molecule has 0 aromatic carbocycles. The van der Waals surface area contributed by atoms with Gasteiger partial charge in [0.25, 0.3) is 0 Å². The van der Waals surface area contributed by atoms with E-state index in [1.54, 1.807) is 0 Å². The summed E-state index contributed by atoms with van der Waals surface area (Å²) < 4.78 is 5.64. The maximum absolute atomic E-state index is 10.2. The number of carboxylic acids is 1. The van der Waals surface area contributed by atoms with Crippen molar-refractivity contribution in [3.05, 3.63) is 36.5 Å². The Labute approximate surface area is 141 Å². The third-order valence-corrected chi connectivity index (χ3v) is 3.92. The van der Waals surface area contributed by atoms with Gasteiger partial charge in [-0.05, 0) is 51.4 Å². The van der Waals surface area contributed by atoms with Gasteiger partial charge < -0.3 is 14.6 Å². The van der Waals surface area contributed by atoms with Gasteiger partial charge in [0.15, 0.2) is 0 Å². The number of hydrogen-bond donors (Lipinski definition) is 0. The van der Waals surface area contributed by atoms with E-state index in [-0.39, 0.29) is 6.42 Å². The van der Waals surface area contributed by atoms with Crippen molar-refractivity contribution >= 4 is 5.97 Å². The number of epoxide rings is 1. The quantitative estimate of drug-likeness (QED) is 0.275. The monoisotopic (exact) mass is 319 g/mol. The summed E-state index contributed by atoms with van der Waals surface area (Å²) in [5, 5.41) is 10.2. The van der Waals surface area contributed by atoms with Gasteiger partial charge in [-0.1, -0.05) is 56.2 Å². The molecule has 1 aliphatic heterocycles. The SMILES string of the molecule is CCCCC/C=C/CC1OC1C/C=C/C/C=C/CCCC(=O)[O-]. The molecule has 2 unspecified atom stereocenters. The van der Waals surface area contributed by atoms with Gasteiger partial charge in [-0.3, -0.25) is 0 Å². The molecule has 1 heterocycles. The minimum absolute atomic E-state index is 0.146. The standard InChI is InChI=1S/C20H32O3/c1-2-3-4-5-9-12-15-18-19(23-18)16-13-10-7-6-8-11-14-17-20(21)22/h6,8-10,12-13,18-19H,2-5,7,11,14-17H2,1H3,(H,21,22)/p-1/b8-6+,12-9+,13-10+. The lowest BCUT2D eigenvalue weighted by molar-refractivity contribution is -0.305. The van der Waals surface area contributed by atoms with E-state index in [1.165, 1.54) is 25.7 Å². The van der Waals surface area contributed by atoms with Crippen LogP contribution < -0.4 is 5.11 Å². The molecule has 0 aliphatic carbocycles. The highest BCUT2D eigenvalue weighted by molar-refractivity contribution is 5.64. The van der Waals surface area contributed by atoms with E-state index in [2.05, 4.69) is 37.3 Å². The van der Waals surface area contributed by atoms with Gasteiger partial charge in [0.1, 0.15) is 0 Å². The first kappa shape index (κ1) is 19.7. The summed E-state index contributed by atoms with van der Waals surface area (Å²) in [4.78, 5) is 10.2. The molecule has 0 saturated carbocycles. The lowest BCUT2D eigenvalue weighted by Crippen LogP contribution is -2.21. The Morgan fingerprint density at radius 1 is 0.913 bits per heavy atom. The number of aliphatic carboxylic acids is 1. The van der Waals surface area contributed by atoms with Crippen molar-refractivity contribution in [2.45, 2.75) is 83.3 Å². The zero-order valence-corrected chi connectivity index (χ0v) is 14.4. The van der Waals surface area contributed by atoms with E-state index >= 15 is 0 Å². The molecule has 1 rings (SSSR count). The van der Waals surface area contributed by atoms with E-state index in [0.29, 0.717) is 18.6 Å². The van der Waals surface area contributed by atoms with Gasteiger partial charge in [0.2, 0.25) is 0 Å². The fraction of sp³-hybridized carbons (Fsp3) is 0.650. The number of carbonyl (C=O) groups is 1. The minimum atomic E-state index is -0.965. The van der Waals surface area contributed by atoms with Crippen LogP contribution in [0, 0.1) is 0 Å². The average molecular weight is 319 g/mol. The average Bonchev–Trinajstić information content (AvgIpc) is 3.27. The van der Waals surface area contributed by atoms with Crippen LogP contribution in [-0.2, 0) is 9.53 Å². The number of carbonyl (C=O) groups excluding carboxylic acids is 1. The largest absolute Gasteiger partial charge is 0.550 e. The van der Waals surface area contributed by atoms with Crippen LogP contribution in [0.3, 0.4) is 0 Å². The fourth-order valence-corrected chi connectivity index (χ4v) is 2.44. The van der Waals surface area contributed by atoms with E-state index < -0.39 is 5.97 Å². The van der Waals surface area contributed by atoms with Crippen molar-refractivity contribution < 1.29 is 14.6 Å². The Kier molecular flexibility index (Phi) is 11.2. The molecule has 0 N–H and O–H groups in total. The molecule has 0 radical (unpaired) electrons. The topological polar surface area (TPSA) is 52.7 Å². The van der Waals surface area contributed by atoms with Crippen molar-refractivity contribution in [3.63, 3.8) is 0 Å².